The van der Waals surface area contributed by atoms with Crippen molar-refractivity contribution in [2.75, 3.05) is 27.3 Å². The number of methoxy groups -OCH3 is 2. The fraction of sp³-hybridized carbons (Fsp3) is 0.632. The summed E-state index contributed by atoms with van der Waals surface area (Å²) in [5.74, 6) is -0.539. The Hall–Kier alpha value is -1.62. The van der Waals surface area contributed by atoms with Gasteiger partial charge in [0.15, 0.2) is 0 Å². The van der Waals surface area contributed by atoms with Crippen molar-refractivity contribution in [2.24, 2.45) is 0 Å². The van der Waals surface area contributed by atoms with Crippen LogP contribution in [0.4, 0.5) is 4.39 Å². The van der Waals surface area contributed by atoms with Gasteiger partial charge in [-0.25, -0.2) is 9.18 Å². The van der Waals surface area contributed by atoms with Crippen LogP contribution in [0.25, 0.3) is 0 Å². The van der Waals surface area contributed by atoms with Crippen molar-refractivity contribution in [2.45, 2.75) is 49.7 Å². The van der Waals surface area contributed by atoms with Gasteiger partial charge in [0.05, 0.1) is 14.2 Å². The number of carbonyl (C=O) groups is 1. The van der Waals surface area contributed by atoms with Crippen LogP contribution in [0.3, 0.4) is 0 Å². The first-order chi connectivity index (χ1) is 11.6. The maximum absolute atomic E-state index is 15.7. The van der Waals surface area contributed by atoms with Gasteiger partial charge in [0.1, 0.15) is 5.75 Å². The zero-order chi connectivity index (χ0) is 17.2. The largest absolute Gasteiger partial charge is 0.497 e. The predicted molar refractivity (Wildman–Crippen MR) is 90.0 cm³/mol. The van der Waals surface area contributed by atoms with Gasteiger partial charge in [0, 0.05) is 25.0 Å². The van der Waals surface area contributed by atoms with Crippen LogP contribution in [0.15, 0.2) is 24.3 Å². The molecule has 0 unspecified atom stereocenters. The molecule has 3 rings (SSSR count). The Kier molecular flexibility index (Phi) is 5.09. The van der Waals surface area contributed by atoms with E-state index in [9.17, 15) is 4.79 Å². The quantitative estimate of drug-likeness (QED) is 0.792. The number of hydrogen-bond acceptors (Lipinski definition) is 4. The van der Waals surface area contributed by atoms with Crippen LogP contribution in [0.5, 0.6) is 5.75 Å². The van der Waals surface area contributed by atoms with E-state index in [1.54, 1.807) is 7.11 Å². The highest BCUT2D eigenvalue weighted by Gasteiger charge is 2.55. The number of ether oxygens (including phenoxy) is 2. The molecule has 0 spiro atoms. The Morgan fingerprint density at radius 2 is 1.83 bits per heavy atom. The third-order valence-corrected chi connectivity index (χ3v) is 5.54. The third-order valence-electron chi connectivity index (χ3n) is 5.54. The summed E-state index contributed by atoms with van der Waals surface area (Å²) in [7, 11) is 2.86. The Labute approximate surface area is 142 Å². The number of likely N-dealkylation sites (tertiary alicyclic amines) is 1. The van der Waals surface area contributed by atoms with E-state index in [0.29, 0.717) is 12.6 Å². The van der Waals surface area contributed by atoms with E-state index in [2.05, 4.69) is 4.90 Å². The van der Waals surface area contributed by atoms with E-state index in [-0.39, 0.29) is 6.54 Å². The van der Waals surface area contributed by atoms with E-state index < -0.39 is 17.6 Å². The topological polar surface area (TPSA) is 38.8 Å². The van der Waals surface area contributed by atoms with Gasteiger partial charge in [-0.15, -0.1) is 0 Å². The molecule has 1 aliphatic carbocycles. The van der Waals surface area contributed by atoms with Crippen molar-refractivity contribution in [1.29, 1.82) is 0 Å². The lowest BCUT2D eigenvalue weighted by atomic mass is 9.86. The maximum atomic E-state index is 15.7. The first-order valence-electron chi connectivity index (χ1n) is 8.74. The summed E-state index contributed by atoms with van der Waals surface area (Å²) in [6, 6.07) is 7.71. The molecule has 5 heteroatoms. The molecule has 1 aromatic rings. The van der Waals surface area contributed by atoms with Crippen LogP contribution in [0.1, 0.15) is 43.6 Å². The van der Waals surface area contributed by atoms with Crippen molar-refractivity contribution in [3.8, 4) is 5.75 Å². The molecule has 0 N–H and O–H groups in total. The third kappa shape index (κ3) is 3.14. The van der Waals surface area contributed by atoms with Gasteiger partial charge in [-0.05, 0) is 30.5 Å². The Balaban J connectivity index is 1.86. The average molecular weight is 335 g/mol. The summed E-state index contributed by atoms with van der Waals surface area (Å²) in [6.07, 6.45) is 5.81. The van der Waals surface area contributed by atoms with Crippen molar-refractivity contribution < 1.29 is 18.7 Å². The Morgan fingerprint density at radius 3 is 2.42 bits per heavy atom. The Morgan fingerprint density at radius 1 is 1.17 bits per heavy atom. The van der Waals surface area contributed by atoms with Crippen molar-refractivity contribution in [3.05, 3.63) is 29.8 Å². The lowest BCUT2D eigenvalue weighted by Gasteiger charge is -2.31. The zero-order valence-corrected chi connectivity index (χ0v) is 14.5. The van der Waals surface area contributed by atoms with Crippen molar-refractivity contribution >= 4 is 5.97 Å². The van der Waals surface area contributed by atoms with Gasteiger partial charge in [-0.3, -0.25) is 4.90 Å². The molecule has 0 radical (unpaired) electrons. The highest BCUT2D eigenvalue weighted by atomic mass is 19.1. The highest BCUT2D eigenvalue weighted by molar-refractivity contribution is 5.82. The molecule has 1 saturated heterocycles. The number of esters is 1. The number of halogens is 1. The molecule has 2 fully saturated rings. The molecular weight excluding hydrogens is 309 g/mol. The molecule has 1 aliphatic heterocycles. The molecule has 1 heterocycles. The van der Waals surface area contributed by atoms with Crippen LogP contribution < -0.4 is 4.74 Å². The number of benzene rings is 1. The summed E-state index contributed by atoms with van der Waals surface area (Å²) in [5, 5.41) is 0. The number of rotatable bonds is 4. The van der Waals surface area contributed by atoms with E-state index >= 15 is 4.39 Å². The lowest BCUT2D eigenvalue weighted by Crippen LogP contribution is -2.43. The number of nitrogens with zero attached hydrogens (tertiary/aromatic N) is 1. The highest BCUT2D eigenvalue weighted by Crippen LogP contribution is 2.42. The summed E-state index contributed by atoms with van der Waals surface area (Å²) < 4.78 is 25.7. The summed E-state index contributed by atoms with van der Waals surface area (Å²) in [5.41, 5.74) is -1.16. The Bertz CT molecular complexity index is 570. The lowest BCUT2D eigenvalue weighted by molar-refractivity contribution is -0.154. The van der Waals surface area contributed by atoms with E-state index in [1.807, 2.05) is 24.3 Å². The first-order valence-corrected chi connectivity index (χ1v) is 8.74. The minimum atomic E-state index is -1.99. The summed E-state index contributed by atoms with van der Waals surface area (Å²) in [4.78, 5) is 14.4. The van der Waals surface area contributed by atoms with Crippen LogP contribution in [0, 0.1) is 0 Å². The predicted octanol–water partition coefficient (Wildman–Crippen LogP) is 3.31. The van der Waals surface area contributed by atoms with Crippen LogP contribution >= 0.6 is 0 Å². The number of carbonyl (C=O) groups excluding carboxylic acids is 1. The minimum absolute atomic E-state index is 0.126. The van der Waals surface area contributed by atoms with Gasteiger partial charge in [-0.1, -0.05) is 31.4 Å². The van der Waals surface area contributed by atoms with Crippen molar-refractivity contribution in [1.82, 2.24) is 4.90 Å². The second kappa shape index (κ2) is 7.09. The van der Waals surface area contributed by atoms with Gasteiger partial charge in [0.25, 0.3) is 0 Å². The standard InChI is InChI=1S/C19H26FNO3/c1-23-16-10-8-14(9-11-16)17-12-21(15-6-4-3-5-7-15)13-19(17,20)18(22)24-2/h8-11,15,17H,3-7,12-13H2,1-2H3/t17-,19-/m0/s1. The minimum Gasteiger partial charge on any atom is -0.497 e. The van der Waals surface area contributed by atoms with Crippen molar-refractivity contribution in [3.63, 3.8) is 0 Å². The zero-order valence-electron chi connectivity index (χ0n) is 14.5. The smallest absolute Gasteiger partial charge is 0.345 e. The number of hydrogen-bond donors (Lipinski definition) is 0. The second-order valence-corrected chi connectivity index (χ2v) is 6.90. The SMILES string of the molecule is COC(=O)[C@]1(F)CN(C2CCCCC2)C[C@H]1c1ccc(OC)cc1. The molecule has 1 aromatic carbocycles. The summed E-state index contributed by atoms with van der Waals surface area (Å²) >= 11 is 0. The van der Waals surface area contributed by atoms with E-state index in [1.165, 1.54) is 26.4 Å². The molecular formula is C19H26FNO3. The molecule has 2 aliphatic rings. The van der Waals surface area contributed by atoms with Gasteiger partial charge in [-0.2, -0.15) is 0 Å². The molecule has 2 atom stereocenters. The molecule has 0 bridgehead atoms. The van der Waals surface area contributed by atoms with Crippen LogP contribution in [-0.4, -0.2) is 49.9 Å². The van der Waals surface area contributed by atoms with Gasteiger partial charge >= 0.3 is 5.97 Å². The molecule has 0 amide bonds. The molecule has 1 saturated carbocycles. The van der Waals surface area contributed by atoms with Crippen LogP contribution in [0.2, 0.25) is 0 Å². The second-order valence-electron chi connectivity index (χ2n) is 6.90. The fourth-order valence-electron chi connectivity index (χ4n) is 4.16. The molecule has 24 heavy (non-hydrogen) atoms. The van der Waals surface area contributed by atoms with Gasteiger partial charge < -0.3 is 9.47 Å². The normalized spacial score (nSPS) is 28.7. The average Bonchev–Trinajstić information content (AvgIpc) is 3.00. The van der Waals surface area contributed by atoms with Crippen LogP contribution in [-0.2, 0) is 9.53 Å². The number of alkyl halides is 1. The van der Waals surface area contributed by atoms with Gasteiger partial charge in [0.2, 0.25) is 5.67 Å². The molecule has 132 valence electrons. The summed E-state index contributed by atoms with van der Waals surface area (Å²) in [6.45, 7) is 0.684. The fourth-order valence-corrected chi connectivity index (χ4v) is 4.16. The maximum Gasteiger partial charge on any atom is 0.345 e. The molecule has 4 nitrogen and oxygen atoms in total. The van der Waals surface area contributed by atoms with E-state index in [4.69, 9.17) is 9.47 Å². The molecule has 0 aromatic heterocycles. The monoisotopic (exact) mass is 335 g/mol. The van der Waals surface area contributed by atoms with E-state index in [0.717, 1.165) is 24.2 Å². The first kappa shape index (κ1) is 17.2.